The number of benzene rings is 1. The van der Waals surface area contributed by atoms with E-state index in [1.807, 2.05) is 18.3 Å². The van der Waals surface area contributed by atoms with Crippen molar-refractivity contribution in [1.82, 2.24) is 14.3 Å². The molecule has 2 saturated heterocycles. The molecule has 0 saturated carbocycles. The molecular weight excluding hydrogens is 395 g/mol. The Labute approximate surface area is 180 Å². The van der Waals surface area contributed by atoms with Gasteiger partial charge in [0, 0.05) is 50.0 Å². The lowest BCUT2D eigenvalue weighted by Crippen LogP contribution is -2.33. The fourth-order valence-electron chi connectivity index (χ4n) is 4.91. The normalized spacial score (nSPS) is 21.3. The minimum absolute atomic E-state index is 0.165. The fraction of sp³-hybridized carbons (Fsp3) is 0.417. The first-order valence-electron chi connectivity index (χ1n) is 10.8. The summed E-state index contributed by atoms with van der Waals surface area (Å²) in [4.78, 5) is 22.4. The molecule has 0 radical (unpaired) electrons. The highest BCUT2D eigenvalue weighted by Crippen LogP contribution is 2.34. The van der Waals surface area contributed by atoms with Crippen molar-refractivity contribution in [2.75, 3.05) is 38.2 Å². The molecule has 2 fully saturated rings. The minimum atomic E-state index is -0.479. The molecule has 7 heteroatoms. The van der Waals surface area contributed by atoms with Crippen LogP contribution in [0.1, 0.15) is 13.8 Å². The molecule has 5 rings (SSSR count). The van der Waals surface area contributed by atoms with E-state index in [2.05, 4.69) is 28.6 Å². The van der Waals surface area contributed by atoms with Gasteiger partial charge in [-0.1, -0.05) is 0 Å². The van der Waals surface area contributed by atoms with Gasteiger partial charge in [-0.15, -0.1) is 0 Å². The van der Waals surface area contributed by atoms with Gasteiger partial charge in [0.25, 0.3) is 5.56 Å². The van der Waals surface area contributed by atoms with Crippen molar-refractivity contribution >= 4 is 11.3 Å². The van der Waals surface area contributed by atoms with Gasteiger partial charge in [0.05, 0.1) is 18.5 Å². The maximum absolute atomic E-state index is 14.1. The number of hydrogen-bond donors (Lipinski definition) is 0. The molecule has 2 atom stereocenters. The van der Waals surface area contributed by atoms with Gasteiger partial charge < -0.3 is 14.5 Å². The molecule has 0 amide bonds. The van der Waals surface area contributed by atoms with Crippen molar-refractivity contribution in [3.8, 4) is 17.0 Å². The zero-order valence-electron chi connectivity index (χ0n) is 18.1. The smallest absolute Gasteiger partial charge is 0.258 e. The second-order valence-electron chi connectivity index (χ2n) is 8.92. The van der Waals surface area contributed by atoms with Crippen molar-refractivity contribution in [2.24, 2.45) is 11.8 Å². The molecule has 0 spiro atoms. The Morgan fingerprint density at radius 2 is 1.81 bits per heavy atom. The lowest BCUT2D eigenvalue weighted by molar-refractivity contribution is 0.258. The number of pyridine rings is 1. The molecule has 0 N–H and O–H groups in total. The third kappa shape index (κ3) is 3.57. The van der Waals surface area contributed by atoms with Gasteiger partial charge in [-0.2, -0.15) is 0 Å². The number of likely N-dealkylation sites (tertiary alicyclic amines) is 1. The van der Waals surface area contributed by atoms with Crippen molar-refractivity contribution in [3.63, 3.8) is 0 Å². The first-order valence-corrected chi connectivity index (χ1v) is 10.8. The van der Waals surface area contributed by atoms with Gasteiger partial charge in [0.15, 0.2) is 11.6 Å². The first kappa shape index (κ1) is 20.0. The molecule has 1 aromatic carbocycles. The maximum atomic E-state index is 14.1. The summed E-state index contributed by atoms with van der Waals surface area (Å²) in [5.41, 5.74) is 2.41. The Bertz CT molecular complexity index is 1180. The standard InChI is InChI=1S/C24H27FN4O2/c1-15(2)27-10-17-12-28(13-18(17)11-27)19-5-7-23-26-21(9-24(30)29(23)14-19)16-4-6-22(31-3)20(25)8-16/h4-9,14-15,17-18H,10-13H2,1-3H3/t17-,18?/m1/s1. The average molecular weight is 423 g/mol. The molecule has 6 nitrogen and oxygen atoms in total. The highest BCUT2D eigenvalue weighted by molar-refractivity contribution is 5.63. The number of fused-ring (bicyclic) bond motifs is 2. The van der Waals surface area contributed by atoms with Crippen molar-refractivity contribution in [3.05, 3.63) is 58.8 Å². The number of ether oxygens (including phenoxy) is 1. The maximum Gasteiger partial charge on any atom is 0.258 e. The van der Waals surface area contributed by atoms with Crippen LogP contribution < -0.4 is 15.2 Å². The minimum Gasteiger partial charge on any atom is -0.494 e. The van der Waals surface area contributed by atoms with Crippen LogP contribution in [0.5, 0.6) is 5.75 Å². The summed E-state index contributed by atoms with van der Waals surface area (Å²) < 4.78 is 20.6. The van der Waals surface area contributed by atoms with Crippen molar-refractivity contribution in [2.45, 2.75) is 19.9 Å². The third-order valence-electron chi connectivity index (χ3n) is 6.70. The first-order chi connectivity index (χ1) is 14.9. The monoisotopic (exact) mass is 422 g/mol. The van der Waals surface area contributed by atoms with E-state index in [0.717, 1.165) is 31.9 Å². The predicted octanol–water partition coefficient (Wildman–Crippen LogP) is 3.29. The zero-order chi connectivity index (χ0) is 21.7. The van der Waals surface area contributed by atoms with Crippen molar-refractivity contribution in [1.29, 1.82) is 0 Å². The van der Waals surface area contributed by atoms with E-state index < -0.39 is 5.82 Å². The summed E-state index contributed by atoms with van der Waals surface area (Å²) in [6.45, 7) is 8.85. The molecule has 0 bridgehead atoms. The summed E-state index contributed by atoms with van der Waals surface area (Å²) in [6.07, 6.45) is 1.88. The van der Waals surface area contributed by atoms with Gasteiger partial charge in [0.1, 0.15) is 5.65 Å². The van der Waals surface area contributed by atoms with E-state index in [1.165, 1.54) is 19.2 Å². The summed E-state index contributed by atoms with van der Waals surface area (Å²) in [5.74, 6) is 1.05. The van der Waals surface area contributed by atoms with Crippen LogP contribution in [-0.2, 0) is 0 Å². The lowest BCUT2D eigenvalue weighted by atomic mass is 10.0. The summed E-state index contributed by atoms with van der Waals surface area (Å²) in [5, 5.41) is 0. The van der Waals surface area contributed by atoms with Crippen LogP contribution in [0, 0.1) is 17.7 Å². The summed E-state index contributed by atoms with van der Waals surface area (Å²) >= 11 is 0. The molecule has 2 aliphatic heterocycles. The van der Waals surface area contributed by atoms with E-state index >= 15 is 0 Å². The van der Waals surface area contributed by atoms with Crippen LogP contribution in [-0.4, -0.2) is 53.6 Å². The second-order valence-corrected chi connectivity index (χ2v) is 8.92. The molecular formula is C24H27FN4O2. The SMILES string of the molecule is COc1ccc(-c2cc(=O)n3cc(N4CC5CN(C(C)C)C[C@@H]5C4)ccc3n2)cc1F. The summed E-state index contributed by atoms with van der Waals surface area (Å²) in [6, 6.07) is 10.5. The van der Waals surface area contributed by atoms with Gasteiger partial charge in [-0.05, 0) is 56.0 Å². The molecule has 4 heterocycles. The van der Waals surface area contributed by atoms with Crippen LogP contribution in [0.25, 0.3) is 16.9 Å². The van der Waals surface area contributed by atoms with E-state index in [1.54, 1.807) is 16.5 Å². The van der Waals surface area contributed by atoms with Crippen molar-refractivity contribution < 1.29 is 9.13 Å². The largest absolute Gasteiger partial charge is 0.494 e. The molecule has 1 unspecified atom stereocenters. The Kier molecular flexibility index (Phi) is 4.93. The molecule has 31 heavy (non-hydrogen) atoms. The van der Waals surface area contributed by atoms with Gasteiger partial charge in [-0.25, -0.2) is 9.37 Å². The Morgan fingerprint density at radius 3 is 2.45 bits per heavy atom. The number of rotatable bonds is 4. The number of methoxy groups -OCH3 is 1. The highest BCUT2D eigenvalue weighted by atomic mass is 19.1. The number of anilines is 1. The Balaban J connectivity index is 1.42. The number of nitrogens with zero attached hydrogens (tertiary/aromatic N) is 4. The molecule has 2 aromatic heterocycles. The van der Waals surface area contributed by atoms with Crippen LogP contribution >= 0.6 is 0 Å². The highest BCUT2D eigenvalue weighted by Gasteiger charge is 2.40. The van der Waals surface area contributed by atoms with E-state index in [0.29, 0.717) is 34.8 Å². The Morgan fingerprint density at radius 1 is 1.06 bits per heavy atom. The average Bonchev–Trinajstić information content (AvgIpc) is 3.33. The summed E-state index contributed by atoms with van der Waals surface area (Å²) in [7, 11) is 1.42. The Hall–Kier alpha value is -2.93. The number of halogens is 1. The molecule has 2 aliphatic rings. The van der Waals surface area contributed by atoms with Crippen LogP contribution in [0.4, 0.5) is 10.1 Å². The zero-order valence-corrected chi connectivity index (χ0v) is 18.1. The van der Waals surface area contributed by atoms with Gasteiger partial charge in [0.2, 0.25) is 0 Å². The molecule has 3 aromatic rings. The van der Waals surface area contributed by atoms with Gasteiger partial charge in [-0.3, -0.25) is 9.20 Å². The quantitative estimate of drug-likeness (QED) is 0.646. The van der Waals surface area contributed by atoms with Crippen LogP contribution in [0.2, 0.25) is 0 Å². The van der Waals surface area contributed by atoms with E-state index in [-0.39, 0.29) is 11.3 Å². The fourth-order valence-corrected chi connectivity index (χ4v) is 4.91. The van der Waals surface area contributed by atoms with Gasteiger partial charge >= 0.3 is 0 Å². The number of aromatic nitrogens is 2. The van der Waals surface area contributed by atoms with Crippen LogP contribution in [0.15, 0.2) is 47.4 Å². The third-order valence-corrected chi connectivity index (χ3v) is 6.70. The van der Waals surface area contributed by atoms with Crippen LogP contribution in [0.3, 0.4) is 0 Å². The van der Waals surface area contributed by atoms with E-state index in [4.69, 9.17) is 4.74 Å². The molecule has 162 valence electrons. The lowest BCUT2D eigenvalue weighted by Gasteiger charge is -2.25. The second kappa shape index (κ2) is 7.64. The van der Waals surface area contributed by atoms with E-state index in [9.17, 15) is 9.18 Å². The predicted molar refractivity (Wildman–Crippen MR) is 119 cm³/mol. The topological polar surface area (TPSA) is 50.1 Å². The number of hydrogen-bond acceptors (Lipinski definition) is 5. The molecule has 0 aliphatic carbocycles.